The highest BCUT2D eigenvalue weighted by Gasteiger charge is 2.01. The minimum Gasteiger partial charge on any atom is -0.465 e. The Hall–Kier alpha value is -1.51. The van der Waals surface area contributed by atoms with Crippen LogP contribution in [0.25, 0.3) is 0 Å². The third-order valence-corrected chi connectivity index (χ3v) is 2.25. The summed E-state index contributed by atoms with van der Waals surface area (Å²) in [5.74, 6) is -0.226. The Kier molecular flexibility index (Phi) is 4.16. The molecule has 0 heterocycles. The molecule has 0 saturated carbocycles. The SMILES string of the molecule is CCOC(=O)CNc1ccc(C)c(C)c1. The summed E-state index contributed by atoms with van der Waals surface area (Å²) < 4.78 is 4.82. The van der Waals surface area contributed by atoms with Crippen LogP contribution in [0.15, 0.2) is 18.2 Å². The maximum absolute atomic E-state index is 11.1. The van der Waals surface area contributed by atoms with Crippen LogP contribution in [-0.2, 0) is 9.53 Å². The van der Waals surface area contributed by atoms with Crippen molar-refractivity contribution >= 4 is 11.7 Å². The quantitative estimate of drug-likeness (QED) is 0.770. The lowest BCUT2D eigenvalue weighted by molar-refractivity contribution is -0.140. The fourth-order valence-electron chi connectivity index (χ4n) is 1.24. The average molecular weight is 207 g/mol. The summed E-state index contributed by atoms with van der Waals surface area (Å²) in [7, 11) is 0. The van der Waals surface area contributed by atoms with E-state index in [1.807, 2.05) is 25.1 Å². The summed E-state index contributed by atoms with van der Waals surface area (Å²) in [6.45, 7) is 6.55. The van der Waals surface area contributed by atoms with Gasteiger partial charge < -0.3 is 10.1 Å². The Morgan fingerprint density at radius 2 is 2.07 bits per heavy atom. The molecule has 3 nitrogen and oxygen atoms in total. The highest BCUT2D eigenvalue weighted by atomic mass is 16.5. The first-order chi connectivity index (χ1) is 7.13. The van der Waals surface area contributed by atoms with Crippen LogP contribution >= 0.6 is 0 Å². The van der Waals surface area contributed by atoms with E-state index < -0.39 is 0 Å². The zero-order valence-electron chi connectivity index (χ0n) is 9.46. The van der Waals surface area contributed by atoms with Crippen LogP contribution < -0.4 is 5.32 Å². The molecule has 0 fully saturated rings. The Morgan fingerprint density at radius 1 is 1.33 bits per heavy atom. The van der Waals surface area contributed by atoms with Gasteiger partial charge in [-0.05, 0) is 44.0 Å². The highest BCUT2D eigenvalue weighted by Crippen LogP contribution is 2.13. The Balaban J connectivity index is 2.51. The van der Waals surface area contributed by atoms with Gasteiger partial charge in [-0.2, -0.15) is 0 Å². The maximum atomic E-state index is 11.1. The zero-order chi connectivity index (χ0) is 11.3. The molecule has 0 aliphatic carbocycles. The van der Waals surface area contributed by atoms with Crippen LogP contribution in [-0.4, -0.2) is 19.1 Å². The second kappa shape index (κ2) is 5.39. The van der Waals surface area contributed by atoms with Crippen molar-refractivity contribution in [3.8, 4) is 0 Å². The van der Waals surface area contributed by atoms with Gasteiger partial charge in [-0.1, -0.05) is 6.07 Å². The molecule has 0 atom stereocenters. The Labute approximate surface area is 90.4 Å². The molecule has 0 aromatic heterocycles. The van der Waals surface area contributed by atoms with Crippen molar-refractivity contribution in [1.29, 1.82) is 0 Å². The molecule has 82 valence electrons. The van der Waals surface area contributed by atoms with Crippen molar-refractivity contribution in [2.24, 2.45) is 0 Å². The number of ether oxygens (including phenoxy) is 1. The molecule has 0 radical (unpaired) electrons. The van der Waals surface area contributed by atoms with E-state index in [4.69, 9.17) is 4.74 Å². The molecule has 0 saturated heterocycles. The van der Waals surface area contributed by atoms with Gasteiger partial charge >= 0.3 is 5.97 Å². The van der Waals surface area contributed by atoms with E-state index >= 15 is 0 Å². The number of anilines is 1. The van der Waals surface area contributed by atoms with Gasteiger partial charge in [-0.3, -0.25) is 4.79 Å². The van der Waals surface area contributed by atoms with Gasteiger partial charge in [0.05, 0.1) is 6.61 Å². The number of aryl methyl sites for hydroxylation is 2. The van der Waals surface area contributed by atoms with Crippen LogP contribution in [0.3, 0.4) is 0 Å². The van der Waals surface area contributed by atoms with E-state index in [2.05, 4.69) is 12.2 Å². The first kappa shape index (κ1) is 11.6. The monoisotopic (exact) mass is 207 g/mol. The highest BCUT2D eigenvalue weighted by molar-refractivity contribution is 5.75. The summed E-state index contributed by atoms with van der Waals surface area (Å²) in [4.78, 5) is 11.1. The summed E-state index contributed by atoms with van der Waals surface area (Å²) in [5.41, 5.74) is 3.41. The summed E-state index contributed by atoms with van der Waals surface area (Å²) in [6, 6.07) is 6.01. The van der Waals surface area contributed by atoms with Gasteiger partial charge in [0.15, 0.2) is 0 Å². The number of hydrogen-bond donors (Lipinski definition) is 1. The molecular formula is C12H17NO2. The number of benzene rings is 1. The summed E-state index contributed by atoms with van der Waals surface area (Å²) >= 11 is 0. The molecule has 1 aromatic carbocycles. The fraction of sp³-hybridized carbons (Fsp3) is 0.417. The predicted molar refractivity (Wildman–Crippen MR) is 61.0 cm³/mol. The van der Waals surface area contributed by atoms with Gasteiger partial charge in [0, 0.05) is 5.69 Å². The third-order valence-electron chi connectivity index (χ3n) is 2.25. The molecule has 0 aliphatic rings. The smallest absolute Gasteiger partial charge is 0.325 e. The van der Waals surface area contributed by atoms with Gasteiger partial charge in [-0.25, -0.2) is 0 Å². The van der Waals surface area contributed by atoms with Crippen molar-refractivity contribution in [3.05, 3.63) is 29.3 Å². The van der Waals surface area contributed by atoms with Crippen molar-refractivity contribution in [3.63, 3.8) is 0 Å². The van der Waals surface area contributed by atoms with E-state index in [1.54, 1.807) is 6.92 Å². The van der Waals surface area contributed by atoms with Gasteiger partial charge in [0.2, 0.25) is 0 Å². The molecular weight excluding hydrogens is 190 g/mol. The van der Waals surface area contributed by atoms with Crippen LogP contribution in [0, 0.1) is 13.8 Å². The lowest BCUT2D eigenvalue weighted by atomic mass is 10.1. The topological polar surface area (TPSA) is 38.3 Å². The van der Waals surface area contributed by atoms with E-state index in [0.717, 1.165) is 5.69 Å². The molecule has 15 heavy (non-hydrogen) atoms. The van der Waals surface area contributed by atoms with Gasteiger partial charge in [0.25, 0.3) is 0 Å². The standard InChI is InChI=1S/C12H17NO2/c1-4-15-12(14)8-13-11-6-5-9(2)10(3)7-11/h5-7,13H,4,8H2,1-3H3. The predicted octanol–water partition coefficient (Wildman–Crippen LogP) is 2.28. The van der Waals surface area contributed by atoms with Crippen molar-refractivity contribution in [2.45, 2.75) is 20.8 Å². The second-order valence-corrected chi connectivity index (χ2v) is 3.46. The lowest BCUT2D eigenvalue weighted by Gasteiger charge is -2.07. The van der Waals surface area contributed by atoms with Crippen molar-refractivity contribution in [2.75, 3.05) is 18.5 Å². The molecule has 1 N–H and O–H groups in total. The van der Waals surface area contributed by atoms with Crippen LogP contribution in [0.5, 0.6) is 0 Å². The molecule has 0 aliphatic heterocycles. The zero-order valence-corrected chi connectivity index (χ0v) is 9.46. The number of rotatable bonds is 4. The minimum absolute atomic E-state index is 0.219. The van der Waals surface area contributed by atoms with E-state index in [9.17, 15) is 4.79 Å². The first-order valence-corrected chi connectivity index (χ1v) is 5.10. The normalized spacial score (nSPS) is 9.80. The Morgan fingerprint density at radius 3 is 2.67 bits per heavy atom. The average Bonchev–Trinajstić information content (AvgIpc) is 2.20. The summed E-state index contributed by atoms with van der Waals surface area (Å²) in [5, 5.41) is 3.02. The van der Waals surface area contributed by atoms with E-state index in [1.165, 1.54) is 11.1 Å². The molecule has 0 bridgehead atoms. The third kappa shape index (κ3) is 3.62. The molecule has 0 unspecified atom stereocenters. The number of nitrogens with one attached hydrogen (secondary N) is 1. The molecule has 0 amide bonds. The van der Waals surface area contributed by atoms with E-state index in [-0.39, 0.29) is 12.5 Å². The second-order valence-electron chi connectivity index (χ2n) is 3.46. The number of carbonyl (C=O) groups excluding carboxylic acids is 1. The van der Waals surface area contributed by atoms with E-state index in [0.29, 0.717) is 6.61 Å². The number of carbonyl (C=O) groups is 1. The van der Waals surface area contributed by atoms with Crippen LogP contribution in [0.4, 0.5) is 5.69 Å². The summed E-state index contributed by atoms with van der Waals surface area (Å²) in [6.07, 6.45) is 0. The fourth-order valence-corrected chi connectivity index (χ4v) is 1.24. The number of esters is 1. The van der Waals surface area contributed by atoms with Crippen molar-refractivity contribution < 1.29 is 9.53 Å². The largest absolute Gasteiger partial charge is 0.465 e. The maximum Gasteiger partial charge on any atom is 0.325 e. The first-order valence-electron chi connectivity index (χ1n) is 5.10. The molecule has 3 heteroatoms. The van der Waals surface area contributed by atoms with Crippen LogP contribution in [0.2, 0.25) is 0 Å². The minimum atomic E-state index is -0.226. The lowest BCUT2D eigenvalue weighted by Crippen LogP contribution is -2.16. The van der Waals surface area contributed by atoms with Crippen molar-refractivity contribution in [1.82, 2.24) is 0 Å². The number of hydrogen-bond acceptors (Lipinski definition) is 3. The Bertz CT molecular complexity index is 347. The van der Waals surface area contributed by atoms with Gasteiger partial charge in [0.1, 0.15) is 6.54 Å². The molecule has 1 rings (SSSR count). The van der Waals surface area contributed by atoms with Crippen LogP contribution in [0.1, 0.15) is 18.1 Å². The molecule has 0 spiro atoms. The molecule has 1 aromatic rings. The van der Waals surface area contributed by atoms with Gasteiger partial charge in [-0.15, -0.1) is 0 Å².